The van der Waals surface area contributed by atoms with E-state index in [0.29, 0.717) is 6.54 Å². The molecule has 0 aliphatic carbocycles. The van der Waals surface area contributed by atoms with Crippen molar-refractivity contribution in [2.75, 3.05) is 30.4 Å². The molecule has 0 saturated carbocycles. The summed E-state index contributed by atoms with van der Waals surface area (Å²) in [6, 6.07) is 8.12. The minimum absolute atomic E-state index is 0.0417. The highest BCUT2D eigenvalue weighted by Gasteiger charge is 2.24. The zero-order chi connectivity index (χ0) is 12.3. The molecule has 0 radical (unpaired) electrons. The molecule has 3 N–H and O–H groups in total. The Bertz CT molecular complexity index is 407. The first kappa shape index (κ1) is 11.9. The van der Waals surface area contributed by atoms with Crippen molar-refractivity contribution >= 4 is 17.3 Å². The zero-order valence-electron chi connectivity index (χ0n) is 10.2. The van der Waals surface area contributed by atoms with Gasteiger partial charge in [-0.1, -0.05) is 12.1 Å². The Hall–Kier alpha value is -1.59. The molecule has 0 saturated heterocycles. The lowest BCUT2D eigenvalue weighted by atomic mass is 10.1. The molecule has 0 bridgehead atoms. The Labute approximate surface area is 101 Å². The number of benzene rings is 1. The smallest absolute Gasteiger partial charge is 0.243 e. The van der Waals surface area contributed by atoms with Crippen LogP contribution in [-0.2, 0) is 4.79 Å². The summed E-state index contributed by atoms with van der Waals surface area (Å²) in [7, 11) is 1.84. The van der Waals surface area contributed by atoms with Gasteiger partial charge in [0.05, 0.1) is 17.9 Å². The quantitative estimate of drug-likeness (QED) is 0.666. The van der Waals surface area contributed by atoms with E-state index in [9.17, 15) is 4.79 Å². The third-order valence-corrected chi connectivity index (χ3v) is 2.91. The van der Waals surface area contributed by atoms with Crippen molar-refractivity contribution in [3.8, 4) is 0 Å². The Morgan fingerprint density at radius 3 is 3.00 bits per heavy atom. The maximum Gasteiger partial charge on any atom is 0.243 e. The second kappa shape index (κ2) is 5.16. The van der Waals surface area contributed by atoms with Gasteiger partial charge in [0, 0.05) is 12.6 Å². The normalized spacial score (nSPS) is 16.4. The number of carbonyl (C=O) groups is 1. The van der Waals surface area contributed by atoms with Crippen molar-refractivity contribution in [2.24, 2.45) is 0 Å². The lowest BCUT2D eigenvalue weighted by Gasteiger charge is -2.35. The molecule has 17 heavy (non-hydrogen) atoms. The van der Waals surface area contributed by atoms with Crippen LogP contribution >= 0.6 is 0 Å². The second-order valence-electron chi connectivity index (χ2n) is 4.17. The van der Waals surface area contributed by atoms with Gasteiger partial charge in [-0.15, -0.1) is 0 Å². The van der Waals surface area contributed by atoms with Gasteiger partial charge in [-0.3, -0.25) is 15.6 Å². The molecule has 92 valence electrons. The summed E-state index contributed by atoms with van der Waals surface area (Å²) in [5.41, 5.74) is 7.93. The zero-order valence-corrected chi connectivity index (χ0v) is 10.2. The van der Waals surface area contributed by atoms with Crippen LogP contribution in [0.1, 0.15) is 6.92 Å². The molecule has 0 fully saturated rings. The Morgan fingerprint density at radius 2 is 2.24 bits per heavy atom. The fourth-order valence-electron chi connectivity index (χ4n) is 2.01. The predicted octanol–water partition coefficient (Wildman–Crippen LogP) is 0.558. The highest BCUT2D eigenvalue weighted by molar-refractivity contribution is 6.01. The van der Waals surface area contributed by atoms with Gasteiger partial charge < -0.3 is 10.2 Å². The summed E-state index contributed by atoms with van der Waals surface area (Å²) >= 11 is 0. The van der Waals surface area contributed by atoms with Gasteiger partial charge in [0.1, 0.15) is 0 Å². The van der Waals surface area contributed by atoms with Gasteiger partial charge in [-0.05, 0) is 26.1 Å². The summed E-state index contributed by atoms with van der Waals surface area (Å²) in [6.07, 6.45) is 0. The van der Waals surface area contributed by atoms with Crippen molar-refractivity contribution in [2.45, 2.75) is 13.0 Å². The monoisotopic (exact) mass is 234 g/mol. The molecule has 1 atom stereocenters. The summed E-state index contributed by atoms with van der Waals surface area (Å²) in [6.45, 7) is 3.28. The first-order valence-corrected chi connectivity index (χ1v) is 5.77. The standard InChI is InChI=1S/C12H18N4O/c1-9(7-14-13-2)16-8-12(17)15-10-5-3-4-6-11(10)16/h3-6,9,13-14H,7-8H2,1-2H3,(H,15,17). The number of hydrogen-bond donors (Lipinski definition) is 3. The summed E-state index contributed by atoms with van der Waals surface area (Å²) in [4.78, 5) is 13.7. The first-order chi connectivity index (χ1) is 8.22. The van der Waals surface area contributed by atoms with Crippen molar-refractivity contribution in [3.63, 3.8) is 0 Å². The molecule has 1 aliphatic heterocycles. The number of carbonyl (C=O) groups excluding carboxylic acids is 1. The lowest BCUT2D eigenvalue weighted by molar-refractivity contribution is -0.115. The molecule has 0 aromatic heterocycles. The van der Waals surface area contributed by atoms with E-state index in [2.05, 4.69) is 28.0 Å². The Morgan fingerprint density at radius 1 is 1.47 bits per heavy atom. The second-order valence-corrected chi connectivity index (χ2v) is 4.17. The van der Waals surface area contributed by atoms with E-state index in [4.69, 9.17) is 0 Å². The minimum Gasteiger partial charge on any atom is -0.356 e. The Balaban J connectivity index is 2.20. The number of hydrogen-bond acceptors (Lipinski definition) is 4. The van der Waals surface area contributed by atoms with Crippen LogP contribution in [-0.4, -0.2) is 32.1 Å². The number of amides is 1. The number of para-hydroxylation sites is 2. The topological polar surface area (TPSA) is 56.4 Å². The SMILES string of the molecule is CNNCC(C)N1CC(=O)Nc2ccccc21. The van der Waals surface area contributed by atoms with Gasteiger partial charge in [0.15, 0.2) is 0 Å². The largest absolute Gasteiger partial charge is 0.356 e. The number of rotatable bonds is 4. The van der Waals surface area contributed by atoms with Crippen molar-refractivity contribution < 1.29 is 4.79 Å². The number of nitrogens with one attached hydrogen (secondary N) is 3. The third kappa shape index (κ3) is 2.57. The van der Waals surface area contributed by atoms with Crippen LogP contribution in [0.4, 0.5) is 11.4 Å². The average molecular weight is 234 g/mol. The fraction of sp³-hybridized carbons (Fsp3) is 0.417. The van der Waals surface area contributed by atoms with Crippen LogP contribution in [0.5, 0.6) is 0 Å². The van der Waals surface area contributed by atoms with Crippen LogP contribution in [0.2, 0.25) is 0 Å². The molecule has 5 nitrogen and oxygen atoms in total. The van der Waals surface area contributed by atoms with E-state index in [-0.39, 0.29) is 11.9 Å². The maximum atomic E-state index is 11.6. The van der Waals surface area contributed by atoms with Gasteiger partial charge in [0.2, 0.25) is 5.91 Å². The van der Waals surface area contributed by atoms with E-state index in [1.54, 1.807) is 0 Å². The van der Waals surface area contributed by atoms with Crippen molar-refractivity contribution in [1.82, 2.24) is 10.9 Å². The minimum atomic E-state index is 0.0417. The molecule has 1 aromatic rings. The van der Waals surface area contributed by atoms with E-state index in [0.717, 1.165) is 17.9 Å². The van der Waals surface area contributed by atoms with Gasteiger partial charge in [-0.2, -0.15) is 0 Å². The Kier molecular flexibility index (Phi) is 3.61. The maximum absolute atomic E-state index is 11.6. The van der Waals surface area contributed by atoms with Crippen molar-refractivity contribution in [1.29, 1.82) is 0 Å². The summed E-state index contributed by atoms with van der Waals surface area (Å²) in [5, 5.41) is 2.88. The number of fused-ring (bicyclic) bond motifs is 1. The molecule has 5 heteroatoms. The molecule has 1 heterocycles. The predicted molar refractivity (Wildman–Crippen MR) is 68.9 cm³/mol. The number of nitrogens with zero attached hydrogens (tertiary/aromatic N) is 1. The first-order valence-electron chi connectivity index (χ1n) is 5.77. The van der Waals surface area contributed by atoms with E-state index in [1.165, 1.54) is 0 Å². The molecule has 1 amide bonds. The van der Waals surface area contributed by atoms with Crippen LogP contribution in [0.3, 0.4) is 0 Å². The van der Waals surface area contributed by atoms with E-state index in [1.807, 2.05) is 31.3 Å². The van der Waals surface area contributed by atoms with Crippen molar-refractivity contribution in [3.05, 3.63) is 24.3 Å². The van der Waals surface area contributed by atoms with Crippen LogP contribution in [0, 0.1) is 0 Å². The highest BCUT2D eigenvalue weighted by Crippen LogP contribution is 2.29. The van der Waals surface area contributed by atoms with Crippen LogP contribution in [0.25, 0.3) is 0 Å². The molecule has 1 aliphatic rings. The number of anilines is 2. The molecular formula is C12H18N4O. The molecule has 2 rings (SSSR count). The van der Waals surface area contributed by atoms with E-state index >= 15 is 0 Å². The summed E-state index contributed by atoms with van der Waals surface area (Å²) in [5.74, 6) is 0.0417. The third-order valence-electron chi connectivity index (χ3n) is 2.91. The highest BCUT2D eigenvalue weighted by atomic mass is 16.2. The molecule has 1 aromatic carbocycles. The molecular weight excluding hydrogens is 216 g/mol. The molecule has 0 spiro atoms. The fourth-order valence-corrected chi connectivity index (χ4v) is 2.01. The van der Waals surface area contributed by atoms with Crippen LogP contribution in [0.15, 0.2) is 24.3 Å². The van der Waals surface area contributed by atoms with E-state index < -0.39 is 0 Å². The van der Waals surface area contributed by atoms with Gasteiger partial charge >= 0.3 is 0 Å². The van der Waals surface area contributed by atoms with Crippen LogP contribution < -0.4 is 21.1 Å². The number of hydrazine groups is 1. The summed E-state index contributed by atoms with van der Waals surface area (Å²) < 4.78 is 0. The lowest BCUT2D eigenvalue weighted by Crippen LogP contribution is -2.48. The van der Waals surface area contributed by atoms with Gasteiger partial charge in [0.25, 0.3) is 0 Å². The molecule has 1 unspecified atom stereocenters. The average Bonchev–Trinajstić information content (AvgIpc) is 2.34. The van der Waals surface area contributed by atoms with Gasteiger partial charge in [-0.25, -0.2) is 0 Å².